The number of amides is 1. The molecule has 2 fully saturated rings. The lowest BCUT2D eigenvalue weighted by Crippen LogP contribution is -2.43. The number of carbonyl (C=O) groups excluding carboxylic acids is 1. The molecular weight excluding hydrogens is 528 g/mol. The van der Waals surface area contributed by atoms with Crippen molar-refractivity contribution in [2.45, 2.75) is 57.5 Å². The fraction of sp³-hybridized carbons (Fsp3) is 0.500. The van der Waals surface area contributed by atoms with Crippen molar-refractivity contribution < 1.29 is 22.4 Å². The van der Waals surface area contributed by atoms with Gasteiger partial charge < -0.3 is 19.8 Å². The van der Waals surface area contributed by atoms with Crippen molar-refractivity contribution in [3.05, 3.63) is 75.5 Å². The number of halogens is 4. The Morgan fingerprint density at radius 2 is 1.98 bits per heavy atom. The van der Waals surface area contributed by atoms with Crippen molar-refractivity contribution in [2.24, 2.45) is 18.4 Å². The Morgan fingerprint density at radius 1 is 1.23 bits per heavy atom. The van der Waals surface area contributed by atoms with E-state index in [1.807, 2.05) is 11.6 Å². The molecule has 0 bridgehead atoms. The van der Waals surface area contributed by atoms with Gasteiger partial charge in [-0.15, -0.1) is 10.2 Å². The second kappa shape index (κ2) is 10.8. The normalized spacial score (nSPS) is 21.3. The largest absolute Gasteiger partial charge is 0.320 e. The Balaban J connectivity index is 1.42. The van der Waals surface area contributed by atoms with Crippen LogP contribution in [0.15, 0.2) is 41.6 Å². The summed E-state index contributed by atoms with van der Waals surface area (Å²) in [5.74, 6) is -0.484. The number of aromatic nitrogens is 4. The lowest BCUT2D eigenvalue weighted by molar-refractivity contribution is 0.101. The average Bonchev–Trinajstić information content (AvgIpc) is 3.55. The molecule has 3 aromatic rings. The predicted octanol–water partition coefficient (Wildman–Crippen LogP) is 4.19. The van der Waals surface area contributed by atoms with Crippen molar-refractivity contribution in [3.63, 3.8) is 0 Å². The number of rotatable bonds is 11. The number of hydrogen-bond acceptors (Lipinski definition) is 5. The summed E-state index contributed by atoms with van der Waals surface area (Å²) in [4.78, 5) is 26.2. The SMILES string of the molecule is CC1CC(c2ccc(F)c(NC(=O)c3cc(CNCC4(CF)CC4)cn(CC(F)F)c3=O)c2)(c2nncn2C)C1. The van der Waals surface area contributed by atoms with Crippen molar-refractivity contribution in [1.82, 2.24) is 24.6 Å². The molecule has 0 aliphatic heterocycles. The number of nitrogens with zero attached hydrogens (tertiary/aromatic N) is 4. The van der Waals surface area contributed by atoms with Crippen LogP contribution in [-0.2, 0) is 25.6 Å². The molecule has 2 saturated carbocycles. The Bertz CT molecular complexity index is 1460. The number of hydrogen-bond donors (Lipinski definition) is 2. The Hall–Kier alpha value is -3.54. The molecule has 0 spiro atoms. The van der Waals surface area contributed by atoms with E-state index in [-0.39, 0.29) is 12.2 Å². The maximum Gasteiger partial charge on any atom is 0.263 e. The summed E-state index contributed by atoms with van der Waals surface area (Å²) in [7, 11) is 1.83. The van der Waals surface area contributed by atoms with Crippen LogP contribution in [0.4, 0.5) is 23.2 Å². The Morgan fingerprint density at radius 3 is 2.58 bits per heavy atom. The molecule has 2 aromatic heterocycles. The molecule has 2 N–H and O–H groups in total. The second-order valence-electron chi connectivity index (χ2n) is 11.4. The number of alkyl halides is 3. The van der Waals surface area contributed by atoms with Crippen molar-refractivity contribution in [1.29, 1.82) is 0 Å². The zero-order valence-electron chi connectivity index (χ0n) is 22.4. The van der Waals surface area contributed by atoms with Gasteiger partial charge in [-0.25, -0.2) is 13.2 Å². The zero-order valence-corrected chi connectivity index (χ0v) is 22.4. The summed E-state index contributed by atoms with van der Waals surface area (Å²) >= 11 is 0. The van der Waals surface area contributed by atoms with Gasteiger partial charge >= 0.3 is 0 Å². The van der Waals surface area contributed by atoms with Crippen molar-refractivity contribution in [3.8, 4) is 0 Å². The first kappa shape index (κ1) is 28.0. The third-order valence-electron chi connectivity index (χ3n) is 8.09. The lowest BCUT2D eigenvalue weighted by Gasteiger charge is -2.46. The lowest BCUT2D eigenvalue weighted by atomic mass is 9.58. The maximum absolute atomic E-state index is 14.9. The Labute approximate surface area is 228 Å². The first-order valence-corrected chi connectivity index (χ1v) is 13.3. The molecule has 40 heavy (non-hydrogen) atoms. The monoisotopic (exact) mass is 560 g/mol. The molecule has 0 atom stereocenters. The zero-order chi connectivity index (χ0) is 28.7. The number of benzene rings is 1. The van der Waals surface area contributed by atoms with Gasteiger partial charge in [-0.1, -0.05) is 13.0 Å². The minimum absolute atomic E-state index is 0.134. The van der Waals surface area contributed by atoms with E-state index in [4.69, 9.17) is 0 Å². The third kappa shape index (κ3) is 5.41. The van der Waals surface area contributed by atoms with Crippen molar-refractivity contribution in [2.75, 3.05) is 18.5 Å². The van der Waals surface area contributed by atoms with Crippen molar-refractivity contribution >= 4 is 11.6 Å². The summed E-state index contributed by atoms with van der Waals surface area (Å²) in [6, 6.07) is 5.73. The van der Waals surface area contributed by atoms with E-state index >= 15 is 0 Å². The highest BCUT2D eigenvalue weighted by Crippen LogP contribution is 2.52. The molecular formula is C28H32F4N6O2. The summed E-state index contributed by atoms with van der Waals surface area (Å²) < 4.78 is 57.2. The van der Waals surface area contributed by atoms with Crippen LogP contribution >= 0.6 is 0 Å². The van der Waals surface area contributed by atoms with Gasteiger partial charge in [-0.05, 0) is 60.9 Å². The first-order valence-electron chi connectivity index (χ1n) is 13.3. The van der Waals surface area contributed by atoms with Gasteiger partial charge in [0.05, 0.1) is 24.3 Å². The van der Waals surface area contributed by atoms with Crippen LogP contribution < -0.4 is 16.2 Å². The van der Waals surface area contributed by atoms with Gasteiger partial charge in [0.1, 0.15) is 23.5 Å². The molecule has 2 heterocycles. The molecule has 2 aliphatic carbocycles. The quantitative estimate of drug-likeness (QED) is 0.343. The molecule has 0 unspecified atom stereocenters. The number of aryl methyl sites for hydroxylation is 1. The molecule has 1 aromatic carbocycles. The van der Waals surface area contributed by atoms with Gasteiger partial charge in [0, 0.05) is 31.7 Å². The third-order valence-corrected chi connectivity index (χ3v) is 8.09. The molecule has 5 rings (SSSR count). The summed E-state index contributed by atoms with van der Waals surface area (Å²) in [5.41, 5.74) is -1.20. The van der Waals surface area contributed by atoms with Crippen LogP contribution in [0.2, 0.25) is 0 Å². The molecule has 12 heteroatoms. The summed E-state index contributed by atoms with van der Waals surface area (Å²) in [6.07, 6.45) is 3.07. The van der Waals surface area contributed by atoms with Gasteiger partial charge in [0.2, 0.25) is 0 Å². The topological polar surface area (TPSA) is 93.8 Å². The molecule has 0 radical (unpaired) electrons. The fourth-order valence-electron chi connectivity index (χ4n) is 5.75. The first-order chi connectivity index (χ1) is 19.1. The van der Waals surface area contributed by atoms with Gasteiger partial charge in [-0.2, -0.15) is 0 Å². The van der Waals surface area contributed by atoms with Gasteiger partial charge in [-0.3, -0.25) is 14.0 Å². The maximum atomic E-state index is 14.9. The predicted molar refractivity (Wildman–Crippen MR) is 141 cm³/mol. The van der Waals surface area contributed by atoms with E-state index in [1.165, 1.54) is 24.4 Å². The van der Waals surface area contributed by atoms with Crippen LogP contribution in [0.1, 0.15) is 59.9 Å². The van der Waals surface area contributed by atoms with E-state index in [2.05, 4.69) is 27.8 Å². The fourth-order valence-corrected chi connectivity index (χ4v) is 5.75. The standard InChI is InChI=1S/C28H32F4N6O2/c1-17-9-28(10-17,26-36-34-16-37(26)2)19-3-4-21(30)22(8-19)35-24(39)20-7-18(11-33-15-27(14-29)5-6-27)12-38(25(20)40)13-23(31)32/h3-4,7-8,12,16-17,23,33H,5-6,9-11,13-15H2,1-2H3,(H,35,39). The molecule has 1 amide bonds. The van der Waals surface area contributed by atoms with Crippen LogP contribution in [0.3, 0.4) is 0 Å². The molecule has 2 aliphatic rings. The minimum atomic E-state index is -2.83. The van der Waals surface area contributed by atoms with E-state index in [9.17, 15) is 27.2 Å². The number of pyridine rings is 1. The molecule has 214 valence electrons. The second-order valence-corrected chi connectivity index (χ2v) is 11.4. The average molecular weight is 561 g/mol. The smallest absolute Gasteiger partial charge is 0.263 e. The number of anilines is 1. The highest BCUT2D eigenvalue weighted by atomic mass is 19.3. The summed E-state index contributed by atoms with van der Waals surface area (Å²) in [5, 5.41) is 13.8. The van der Waals surface area contributed by atoms with Crippen LogP contribution in [-0.4, -0.2) is 44.9 Å². The molecule has 8 nitrogen and oxygen atoms in total. The Kier molecular flexibility index (Phi) is 7.56. The van der Waals surface area contributed by atoms with E-state index in [1.54, 1.807) is 12.4 Å². The molecule has 0 saturated heterocycles. The summed E-state index contributed by atoms with van der Waals surface area (Å²) in [6.45, 7) is 1.29. The highest BCUT2D eigenvalue weighted by Gasteiger charge is 2.48. The van der Waals surface area contributed by atoms with Gasteiger partial charge in [0.15, 0.2) is 0 Å². The van der Waals surface area contributed by atoms with E-state index < -0.39 is 53.3 Å². The van der Waals surface area contributed by atoms with E-state index in [0.717, 1.165) is 41.6 Å². The van der Waals surface area contributed by atoms with Crippen LogP contribution in [0, 0.1) is 17.2 Å². The number of nitrogens with one attached hydrogen (secondary N) is 2. The van der Waals surface area contributed by atoms with Crippen LogP contribution in [0.5, 0.6) is 0 Å². The van der Waals surface area contributed by atoms with Gasteiger partial charge in [0.25, 0.3) is 17.9 Å². The number of carbonyl (C=O) groups is 1. The highest BCUT2D eigenvalue weighted by molar-refractivity contribution is 6.04. The van der Waals surface area contributed by atoms with E-state index in [0.29, 0.717) is 18.0 Å². The minimum Gasteiger partial charge on any atom is -0.320 e. The van der Waals surface area contributed by atoms with Crippen LogP contribution in [0.25, 0.3) is 0 Å².